The highest BCUT2D eigenvalue weighted by atomic mass is 32.2. The van der Waals surface area contributed by atoms with Crippen molar-refractivity contribution in [2.45, 2.75) is 77.7 Å². The minimum atomic E-state index is 0.0765. The number of benzene rings is 1. The molecular formula is C22H32N4O2S. The summed E-state index contributed by atoms with van der Waals surface area (Å²) in [5.41, 5.74) is 2.26. The van der Waals surface area contributed by atoms with Crippen molar-refractivity contribution in [1.82, 2.24) is 20.1 Å². The van der Waals surface area contributed by atoms with Crippen molar-refractivity contribution in [3.05, 3.63) is 35.2 Å². The van der Waals surface area contributed by atoms with Gasteiger partial charge in [0.2, 0.25) is 5.91 Å². The van der Waals surface area contributed by atoms with E-state index in [4.69, 9.17) is 4.74 Å². The Kier molecular flexibility index (Phi) is 7.58. The van der Waals surface area contributed by atoms with Gasteiger partial charge in [-0.2, -0.15) is 0 Å². The highest BCUT2D eigenvalue weighted by Crippen LogP contribution is 2.25. The summed E-state index contributed by atoms with van der Waals surface area (Å²) in [4.78, 5) is 12.4. The first kappa shape index (κ1) is 21.7. The fourth-order valence-electron chi connectivity index (χ4n) is 3.76. The molecule has 2 aromatic rings. The van der Waals surface area contributed by atoms with Crippen molar-refractivity contribution in [2.24, 2.45) is 5.92 Å². The van der Waals surface area contributed by atoms with E-state index < -0.39 is 0 Å². The summed E-state index contributed by atoms with van der Waals surface area (Å²) >= 11 is 1.44. The molecule has 158 valence electrons. The minimum Gasteiger partial charge on any atom is -0.485 e. The Morgan fingerprint density at radius 2 is 2.07 bits per heavy atom. The quantitative estimate of drug-likeness (QED) is 0.651. The topological polar surface area (TPSA) is 69.0 Å². The minimum absolute atomic E-state index is 0.0765. The molecule has 2 atom stereocenters. The van der Waals surface area contributed by atoms with E-state index in [1.807, 2.05) is 17.6 Å². The monoisotopic (exact) mass is 416 g/mol. The summed E-state index contributed by atoms with van der Waals surface area (Å²) in [6.07, 6.45) is 4.76. The zero-order valence-electron chi connectivity index (χ0n) is 17.9. The Bertz CT molecular complexity index is 836. The second kappa shape index (κ2) is 10.1. The number of thioether (sulfide) groups is 1. The van der Waals surface area contributed by atoms with Crippen molar-refractivity contribution in [3.63, 3.8) is 0 Å². The third kappa shape index (κ3) is 5.75. The number of ether oxygens (including phenoxy) is 1. The molecule has 1 heterocycles. The predicted molar refractivity (Wildman–Crippen MR) is 116 cm³/mol. The standard InChI is InChI=1S/C22H32N4O2S/c1-5-26-20(13-28-19-12-15(2)10-11-17(19)4)24-25-22(26)29-14-21(27)23-18-9-7-6-8-16(18)3/h10-12,16,18H,5-9,13-14H2,1-4H3,(H,23,27)/t16-,18-/m1/s1. The van der Waals surface area contributed by atoms with Crippen LogP contribution in [-0.2, 0) is 17.9 Å². The van der Waals surface area contributed by atoms with Crippen LogP contribution in [0.2, 0.25) is 0 Å². The summed E-state index contributed by atoms with van der Waals surface area (Å²) in [5, 5.41) is 12.5. The lowest BCUT2D eigenvalue weighted by Crippen LogP contribution is -2.41. The van der Waals surface area contributed by atoms with Gasteiger partial charge in [0.05, 0.1) is 5.75 Å². The van der Waals surface area contributed by atoms with E-state index in [0.29, 0.717) is 24.3 Å². The van der Waals surface area contributed by atoms with Gasteiger partial charge in [-0.05, 0) is 56.7 Å². The van der Waals surface area contributed by atoms with Crippen molar-refractivity contribution in [1.29, 1.82) is 0 Å². The fourth-order valence-corrected chi connectivity index (χ4v) is 4.60. The molecule has 1 fully saturated rings. The highest BCUT2D eigenvalue weighted by molar-refractivity contribution is 7.99. The number of hydrogen-bond acceptors (Lipinski definition) is 5. The average Bonchev–Trinajstić information content (AvgIpc) is 3.10. The van der Waals surface area contributed by atoms with Gasteiger partial charge >= 0.3 is 0 Å². The lowest BCUT2D eigenvalue weighted by atomic mass is 9.86. The number of amides is 1. The number of rotatable bonds is 8. The molecule has 1 aliphatic carbocycles. The van der Waals surface area contributed by atoms with Crippen LogP contribution in [0.15, 0.2) is 23.4 Å². The van der Waals surface area contributed by atoms with E-state index in [0.717, 1.165) is 40.8 Å². The molecule has 7 heteroatoms. The summed E-state index contributed by atoms with van der Waals surface area (Å²) in [6, 6.07) is 6.48. The summed E-state index contributed by atoms with van der Waals surface area (Å²) in [5.74, 6) is 2.64. The van der Waals surface area contributed by atoms with Crippen LogP contribution in [0, 0.1) is 19.8 Å². The number of carbonyl (C=O) groups is 1. The third-order valence-electron chi connectivity index (χ3n) is 5.60. The van der Waals surface area contributed by atoms with Gasteiger partial charge in [0, 0.05) is 12.6 Å². The van der Waals surface area contributed by atoms with E-state index in [-0.39, 0.29) is 5.91 Å². The molecular weight excluding hydrogens is 384 g/mol. The normalized spacial score (nSPS) is 19.2. The first-order valence-corrected chi connectivity index (χ1v) is 11.5. The van der Waals surface area contributed by atoms with E-state index >= 15 is 0 Å². The molecule has 29 heavy (non-hydrogen) atoms. The molecule has 0 spiro atoms. The Labute approximate surface area is 177 Å². The Morgan fingerprint density at radius 1 is 1.28 bits per heavy atom. The second-order valence-electron chi connectivity index (χ2n) is 7.93. The van der Waals surface area contributed by atoms with Crippen molar-refractivity contribution < 1.29 is 9.53 Å². The van der Waals surface area contributed by atoms with Crippen LogP contribution in [0.5, 0.6) is 5.75 Å². The van der Waals surface area contributed by atoms with Gasteiger partial charge in [-0.3, -0.25) is 4.79 Å². The summed E-state index contributed by atoms with van der Waals surface area (Å²) in [6.45, 7) is 9.46. The molecule has 6 nitrogen and oxygen atoms in total. The zero-order valence-corrected chi connectivity index (χ0v) is 18.7. The Morgan fingerprint density at radius 3 is 2.83 bits per heavy atom. The molecule has 1 amide bonds. The zero-order chi connectivity index (χ0) is 20.8. The molecule has 1 saturated carbocycles. The van der Waals surface area contributed by atoms with Crippen LogP contribution in [-0.4, -0.2) is 32.5 Å². The van der Waals surface area contributed by atoms with E-state index in [9.17, 15) is 4.79 Å². The number of aromatic nitrogens is 3. The van der Waals surface area contributed by atoms with Crippen LogP contribution in [0.25, 0.3) is 0 Å². The molecule has 0 unspecified atom stereocenters. The predicted octanol–water partition coefficient (Wildman–Crippen LogP) is 4.28. The summed E-state index contributed by atoms with van der Waals surface area (Å²) in [7, 11) is 0. The van der Waals surface area contributed by atoms with Crippen molar-refractivity contribution in [3.8, 4) is 5.75 Å². The molecule has 3 rings (SSSR count). The molecule has 1 aliphatic rings. The SMILES string of the molecule is CCn1c(COc2cc(C)ccc2C)nnc1SCC(=O)N[C@@H]1CCCC[C@H]1C. The second-order valence-corrected chi connectivity index (χ2v) is 8.87. The Hall–Kier alpha value is -2.02. The molecule has 1 aromatic heterocycles. The van der Waals surface area contributed by atoms with Gasteiger partial charge in [-0.1, -0.05) is 43.7 Å². The van der Waals surface area contributed by atoms with Gasteiger partial charge in [0.1, 0.15) is 12.4 Å². The molecule has 0 aliphatic heterocycles. The maximum atomic E-state index is 12.4. The number of carbonyl (C=O) groups excluding carboxylic acids is 1. The molecule has 0 saturated heterocycles. The van der Waals surface area contributed by atoms with E-state index in [2.05, 4.69) is 48.4 Å². The van der Waals surface area contributed by atoms with Crippen LogP contribution in [0.1, 0.15) is 56.5 Å². The van der Waals surface area contributed by atoms with Gasteiger partial charge in [0.25, 0.3) is 0 Å². The van der Waals surface area contributed by atoms with Crippen LogP contribution in [0.3, 0.4) is 0 Å². The van der Waals surface area contributed by atoms with Gasteiger partial charge in [0.15, 0.2) is 11.0 Å². The van der Waals surface area contributed by atoms with Crippen LogP contribution < -0.4 is 10.1 Å². The van der Waals surface area contributed by atoms with Gasteiger partial charge < -0.3 is 14.6 Å². The molecule has 1 aromatic carbocycles. The molecule has 0 bridgehead atoms. The van der Waals surface area contributed by atoms with Crippen molar-refractivity contribution >= 4 is 17.7 Å². The van der Waals surface area contributed by atoms with Gasteiger partial charge in [-0.15, -0.1) is 10.2 Å². The smallest absolute Gasteiger partial charge is 0.230 e. The number of hydrogen-bond donors (Lipinski definition) is 1. The lowest BCUT2D eigenvalue weighted by molar-refractivity contribution is -0.119. The average molecular weight is 417 g/mol. The van der Waals surface area contributed by atoms with Gasteiger partial charge in [-0.25, -0.2) is 0 Å². The van der Waals surface area contributed by atoms with E-state index in [1.54, 1.807) is 0 Å². The van der Waals surface area contributed by atoms with Crippen molar-refractivity contribution in [2.75, 3.05) is 5.75 Å². The fraction of sp³-hybridized carbons (Fsp3) is 0.591. The third-order valence-corrected chi connectivity index (χ3v) is 6.57. The maximum absolute atomic E-state index is 12.4. The first-order valence-electron chi connectivity index (χ1n) is 10.5. The number of aryl methyl sites for hydroxylation is 2. The Balaban J connectivity index is 1.56. The first-order chi connectivity index (χ1) is 14.0. The largest absolute Gasteiger partial charge is 0.485 e. The number of nitrogens with one attached hydrogen (secondary N) is 1. The molecule has 0 radical (unpaired) electrons. The van der Waals surface area contributed by atoms with E-state index in [1.165, 1.54) is 31.0 Å². The molecule has 1 N–H and O–H groups in total. The number of nitrogens with zero attached hydrogens (tertiary/aromatic N) is 3. The highest BCUT2D eigenvalue weighted by Gasteiger charge is 2.23. The van der Waals surface area contributed by atoms with Crippen LogP contribution in [0.4, 0.5) is 0 Å². The van der Waals surface area contributed by atoms with Crippen LogP contribution >= 0.6 is 11.8 Å². The maximum Gasteiger partial charge on any atom is 0.230 e. The lowest BCUT2D eigenvalue weighted by Gasteiger charge is -2.29. The summed E-state index contributed by atoms with van der Waals surface area (Å²) < 4.78 is 8.01.